The molecule has 5 heteroatoms. The normalized spacial score (nSPS) is 12.9. The third kappa shape index (κ3) is 2.13. The van der Waals surface area contributed by atoms with E-state index >= 15 is 0 Å². The molecule has 0 aliphatic carbocycles. The van der Waals surface area contributed by atoms with Crippen LogP contribution in [0.15, 0.2) is 18.2 Å². The molecule has 17 heavy (non-hydrogen) atoms. The van der Waals surface area contributed by atoms with Crippen LogP contribution in [-0.4, -0.2) is 15.5 Å². The van der Waals surface area contributed by atoms with Gasteiger partial charge in [-0.05, 0) is 25.5 Å². The van der Waals surface area contributed by atoms with E-state index < -0.39 is 5.91 Å². The van der Waals surface area contributed by atoms with Crippen LogP contribution in [0.5, 0.6) is 0 Å². The third-order valence-corrected chi connectivity index (χ3v) is 2.88. The van der Waals surface area contributed by atoms with Crippen molar-refractivity contribution >= 4 is 28.5 Å². The molecule has 0 fully saturated rings. The minimum atomic E-state index is -0.399. The van der Waals surface area contributed by atoms with E-state index in [4.69, 9.17) is 17.3 Å². The van der Waals surface area contributed by atoms with Gasteiger partial charge in [-0.1, -0.05) is 12.1 Å². The van der Waals surface area contributed by atoms with E-state index in [2.05, 4.69) is 4.98 Å². The van der Waals surface area contributed by atoms with Crippen molar-refractivity contribution in [3.63, 3.8) is 0 Å². The number of fused-ring (bicyclic) bond motifs is 1. The fraction of sp³-hybridized carbons (Fsp3) is 0.333. The average Bonchev–Trinajstić information content (AvgIpc) is 2.58. The summed E-state index contributed by atoms with van der Waals surface area (Å²) in [5.74, 6) is 0.277. The predicted octanol–water partition coefficient (Wildman–Crippen LogP) is 2.13. The number of amides is 1. The maximum atomic E-state index is 11.1. The molecule has 0 aliphatic heterocycles. The molecule has 2 rings (SSSR count). The lowest BCUT2D eigenvalue weighted by atomic mass is 10.2. The summed E-state index contributed by atoms with van der Waals surface area (Å²) >= 11 is 6.08. The lowest BCUT2D eigenvalue weighted by Crippen LogP contribution is -2.20. The number of hydrogen-bond donors (Lipinski definition) is 1. The van der Waals surface area contributed by atoms with E-state index in [1.165, 1.54) is 0 Å². The van der Waals surface area contributed by atoms with Gasteiger partial charge in [0.15, 0.2) is 0 Å². The molecule has 0 bridgehead atoms. The molecule has 1 heterocycles. The first-order valence-electron chi connectivity index (χ1n) is 5.39. The maximum Gasteiger partial charge on any atom is 0.237 e. The maximum absolute atomic E-state index is 11.1. The number of nitrogens with zero attached hydrogens (tertiary/aromatic N) is 2. The number of rotatable bonds is 3. The standard InChI is InChI=1S/C12H14ClN3O/c1-7-4-3-5-9-11(7)15-12(8(2)13)16(9)6-10(14)17/h3-5,8H,6H2,1-2H3,(H2,14,17). The van der Waals surface area contributed by atoms with Crippen molar-refractivity contribution in [2.45, 2.75) is 25.8 Å². The highest BCUT2D eigenvalue weighted by atomic mass is 35.5. The van der Waals surface area contributed by atoms with Crippen LogP contribution in [0.3, 0.4) is 0 Å². The summed E-state index contributed by atoms with van der Waals surface area (Å²) in [6, 6.07) is 5.83. The topological polar surface area (TPSA) is 60.9 Å². The summed E-state index contributed by atoms with van der Waals surface area (Å²) in [6.45, 7) is 3.91. The largest absolute Gasteiger partial charge is 0.368 e. The van der Waals surface area contributed by atoms with Crippen molar-refractivity contribution in [2.24, 2.45) is 5.73 Å². The Bertz CT molecular complexity index is 574. The van der Waals surface area contributed by atoms with Gasteiger partial charge in [-0.25, -0.2) is 4.98 Å². The Morgan fingerprint density at radius 2 is 2.29 bits per heavy atom. The van der Waals surface area contributed by atoms with Crippen LogP contribution in [0.25, 0.3) is 11.0 Å². The van der Waals surface area contributed by atoms with Crippen molar-refractivity contribution in [3.05, 3.63) is 29.6 Å². The van der Waals surface area contributed by atoms with E-state index in [0.717, 1.165) is 16.6 Å². The first-order chi connectivity index (χ1) is 8.00. The van der Waals surface area contributed by atoms with Crippen molar-refractivity contribution < 1.29 is 4.79 Å². The number of para-hydroxylation sites is 1. The number of aryl methyl sites for hydroxylation is 1. The highest BCUT2D eigenvalue weighted by Crippen LogP contribution is 2.26. The predicted molar refractivity (Wildman–Crippen MR) is 67.9 cm³/mol. The van der Waals surface area contributed by atoms with Gasteiger partial charge < -0.3 is 10.3 Å². The Kier molecular flexibility index (Phi) is 3.07. The van der Waals surface area contributed by atoms with Crippen LogP contribution in [0.4, 0.5) is 0 Å². The molecule has 1 unspecified atom stereocenters. The Morgan fingerprint density at radius 3 is 2.88 bits per heavy atom. The summed E-state index contributed by atoms with van der Waals surface area (Å²) in [7, 11) is 0. The van der Waals surface area contributed by atoms with E-state index in [1.807, 2.05) is 32.0 Å². The van der Waals surface area contributed by atoms with Crippen LogP contribution in [0.1, 0.15) is 23.7 Å². The number of carbonyl (C=O) groups excluding carboxylic acids is 1. The highest BCUT2D eigenvalue weighted by Gasteiger charge is 2.16. The molecule has 1 amide bonds. The molecule has 0 saturated carbocycles. The number of alkyl halides is 1. The van der Waals surface area contributed by atoms with Gasteiger partial charge >= 0.3 is 0 Å². The summed E-state index contributed by atoms with van der Waals surface area (Å²) in [5, 5.41) is -0.263. The smallest absolute Gasteiger partial charge is 0.237 e. The SMILES string of the molecule is Cc1cccc2c1nc(C(C)Cl)n2CC(N)=O. The van der Waals surface area contributed by atoms with Crippen molar-refractivity contribution in [1.29, 1.82) is 0 Å². The van der Waals surface area contributed by atoms with E-state index in [-0.39, 0.29) is 11.9 Å². The Morgan fingerprint density at radius 1 is 1.59 bits per heavy atom. The highest BCUT2D eigenvalue weighted by molar-refractivity contribution is 6.20. The number of carbonyl (C=O) groups is 1. The summed E-state index contributed by atoms with van der Waals surface area (Å²) < 4.78 is 1.78. The van der Waals surface area contributed by atoms with Crippen molar-refractivity contribution in [3.8, 4) is 0 Å². The summed E-state index contributed by atoms with van der Waals surface area (Å²) in [5.41, 5.74) is 8.08. The second-order valence-corrected chi connectivity index (χ2v) is 4.74. The molecule has 0 spiro atoms. The molecule has 1 aromatic heterocycles. The molecule has 1 aromatic carbocycles. The third-order valence-electron chi connectivity index (χ3n) is 2.68. The van der Waals surface area contributed by atoms with Gasteiger partial charge in [-0.2, -0.15) is 0 Å². The Hall–Kier alpha value is -1.55. The van der Waals surface area contributed by atoms with Crippen LogP contribution in [-0.2, 0) is 11.3 Å². The molecule has 0 saturated heterocycles. The lowest BCUT2D eigenvalue weighted by Gasteiger charge is -2.07. The molecule has 90 valence electrons. The monoisotopic (exact) mass is 251 g/mol. The van der Waals surface area contributed by atoms with Crippen LogP contribution in [0.2, 0.25) is 0 Å². The number of primary amides is 1. The minimum absolute atomic E-state index is 0.104. The Balaban J connectivity index is 2.71. The molecule has 2 aromatic rings. The van der Waals surface area contributed by atoms with Gasteiger partial charge in [0.2, 0.25) is 5.91 Å². The average molecular weight is 252 g/mol. The molecular formula is C12H14ClN3O. The number of nitrogens with two attached hydrogens (primary N) is 1. The molecule has 4 nitrogen and oxygen atoms in total. The fourth-order valence-electron chi connectivity index (χ4n) is 1.93. The van der Waals surface area contributed by atoms with Crippen LogP contribution >= 0.6 is 11.6 Å². The van der Waals surface area contributed by atoms with E-state index in [1.54, 1.807) is 4.57 Å². The lowest BCUT2D eigenvalue weighted by molar-refractivity contribution is -0.118. The number of halogens is 1. The molecular weight excluding hydrogens is 238 g/mol. The van der Waals surface area contributed by atoms with Crippen molar-refractivity contribution in [2.75, 3.05) is 0 Å². The zero-order valence-electron chi connectivity index (χ0n) is 9.77. The van der Waals surface area contributed by atoms with Gasteiger partial charge in [-0.15, -0.1) is 11.6 Å². The zero-order valence-corrected chi connectivity index (χ0v) is 10.5. The second-order valence-electron chi connectivity index (χ2n) is 4.08. The quantitative estimate of drug-likeness (QED) is 0.850. The zero-order chi connectivity index (χ0) is 12.6. The van der Waals surface area contributed by atoms with E-state index in [0.29, 0.717) is 5.82 Å². The van der Waals surface area contributed by atoms with E-state index in [9.17, 15) is 4.79 Å². The minimum Gasteiger partial charge on any atom is -0.368 e. The number of hydrogen-bond acceptors (Lipinski definition) is 2. The fourth-order valence-corrected chi connectivity index (χ4v) is 2.10. The molecule has 0 aliphatic rings. The molecule has 1 atom stereocenters. The van der Waals surface area contributed by atoms with Crippen LogP contribution in [0, 0.1) is 6.92 Å². The second kappa shape index (κ2) is 4.37. The number of benzene rings is 1. The molecule has 2 N–H and O–H groups in total. The number of aromatic nitrogens is 2. The molecule has 0 radical (unpaired) electrons. The van der Waals surface area contributed by atoms with Gasteiger partial charge in [0, 0.05) is 0 Å². The van der Waals surface area contributed by atoms with Gasteiger partial charge in [0.25, 0.3) is 0 Å². The Labute approximate surface area is 104 Å². The van der Waals surface area contributed by atoms with Gasteiger partial charge in [0.05, 0.1) is 16.4 Å². The number of imidazole rings is 1. The van der Waals surface area contributed by atoms with Crippen LogP contribution < -0.4 is 5.73 Å². The van der Waals surface area contributed by atoms with Gasteiger partial charge in [-0.3, -0.25) is 4.79 Å². The first kappa shape index (κ1) is 11.9. The summed E-state index contributed by atoms with van der Waals surface area (Å²) in [6.07, 6.45) is 0. The first-order valence-corrected chi connectivity index (χ1v) is 5.82. The van der Waals surface area contributed by atoms with Crippen molar-refractivity contribution in [1.82, 2.24) is 9.55 Å². The van der Waals surface area contributed by atoms with Gasteiger partial charge in [0.1, 0.15) is 12.4 Å². The summed E-state index contributed by atoms with van der Waals surface area (Å²) in [4.78, 5) is 15.6.